The molecule has 1 aliphatic rings. The van der Waals surface area contributed by atoms with Gasteiger partial charge in [-0.05, 0) is 17.7 Å². The fourth-order valence-electron chi connectivity index (χ4n) is 2.41. The van der Waals surface area contributed by atoms with E-state index in [9.17, 15) is 8.78 Å². The predicted molar refractivity (Wildman–Crippen MR) is 74.3 cm³/mol. The molecule has 1 aromatic carbocycles. The van der Waals surface area contributed by atoms with E-state index in [0.29, 0.717) is 10.0 Å². The number of hydrogen-bond acceptors (Lipinski definition) is 2. The Morgan fingerprint density at radius 1 is 1.21 bits per heavy atom. The Labute approximate surface area is 121 Å². The van der Waals surface area contributed by atoms with Crippen LogP contribution in [0.2, 0.25) is 10.0 Å². The number of alkyl halides is 2. The van der Waals surface area contributed by atoms with E-state index in [-0.39, 0.29) is 12.5 Å². The number of hydrogen-bond donors (Lipinski definition) is 1. The summed E-state index contributed by atoms with van der Waals surface area (Å²) in [6.45, 7) is 3.11. The molecule has 19 heavy (non-hydrogen) atoms. The Morgan fingerprint density at radius 2 is 1.89 bits per heavy atom. The molecule has 106 valence electrons. The summed E-state index contributed by atoms with van der Waals surface area (Å²) in [5, 5.41) is 4.19. The third-order valence-corrected chi connectivity index (χ3v) is 3.88. The van der Waals surface area contributed by atoms with Crippen LogP contribution < -0.4 is 5.32 Å². The topological polar surface area (TPSA) is 15.3 Å². The normalized spacial score (nSPS) is 18.8. The average molecular weight is 309 g/mol. The van der Waals surface area contributed by atoms with Crippen LogP contribution in [0.5, 0.6) is 0 Å². The smallest absolute Gasteiger partial charge is 0.240 e. The predicted octanol–water partition coefficient (Wildman–Crippen LogP) is 3.59. The molecule has 0 radical (unpaired) electrons. The van der Waals surface area contributed by atoms with Gasteiger partial charge in [-0.1, -0.05) is 29.3 Å². The lowest BCUT2D eigenvalue weighted by Crippen LogP contribution is -2.45. The molecule has 0 spiro atoms. The van der Waals surface area contributed by atoms with Crippen molar-refractivity contribution in [3.8, 4) is 0 Å². The fourth-order valence-corrected chi connectivity index (χ4v) is 2.94. The molecule has 1 aliphatic heterocycles. The van der Waals surface area contributed by atoms with Crippen molar-refractivity contribution in [3.63, 3.8) is 0 Å². The molecule has 1 heterocycles. The summed E-state index contributed by atoms with van der Waals surface area (Å²) in [4.78, 5) is 2.05. The summed E-state index contributed by atoms with van der Waals surface area (Å²) in [5.74, 6) is 0. The van der Waals surface area contributed by atoms with Gasteiger partial charge in [0.2, 0.25) is 6.43 Å². The van der Waals surface area contributed by atoms with Crippen molar-refractivity contribution in [3.05, 3.63) is 33.8 Å². The van der Waals surface area contributed by atoms with Gasteiger partial charge in [-0.3, -0.25) is 4.90 Å². The van der Waals surface area contributed by atoms with Crippen molar-refractivity contribution in [1.82, 2.24) is 10.2 Å². The van der Waals surface area contributed by atoms with Gasteiger partial charge in [0.25, 0.3) is 0 Å². The Kier molecular flexibility index (Phi) is 5.39. The van der Waals surface area contributed by atoms with Crippen molar-refractivity contribution < 1.29 is 8.78 Å². The molecule has 1 aromatic rings. The van der Waals surface area contributed by atoms with Crippen LogP contribution >= 0.6 is 23.2 Å². The minimum Gasteiger partial charge on any atom is -0.314 e. The van der Waals surface area contributed by atoms with Crippen LogP contribution in [0.3, 0.4) is 0 Å². The molecule has 6 heteroatoms. The first-order valence-electron chi connectivity index (χ1n) is 6.26. The highest BCUT2D eigenvalue weighted by Crippen LogP contribution is 2.33. The largest absolute Gasteiger partial charge is 0.314 e. The molecule has 1 atom stereocenters. The number of nitrogens with zero attached hydrogens (tertiary/aromatic N) is 1. The van der Waals surface area contributed by atoms with E-state index in [4.69, 9.17) is 23.2 Å². The van der Waals surface area contributed by atoms with Crippen LogP contribution in [-0.4, -0.2) is 37.5 Å². The van der Waals surface area contributed by atoms with Gasteiger partial charge in [-0.15, -0.1) is 0 Å². The van der Waals surface area contributed by atoms with Crippen LogP contribution in [0.4, 0.5) is 8.78 Å². The molecular weight excluding hydrogens is 293 g/mol. The Hall–Kier alpha value is -0.420. The third kappa shape index (κ3) is 4.02. The monoisotopic (exact) mass is 308 g/mol. The molecule has 0 saturated carbocycles. The quantitative estimate of drug-likeness (QED) is 0.914. The highest BCUT2D eigenvalue weighted by molar-refractivity contribution is 6.35. The SMILES string of the molecule is FC(F)C[C@@H](c1ccc(Cl)cc1Cl)N1CCNCC1. The first kappa shape index (κ1) is 15.0. The standard InChI is InChI=1S/C13H16Cl2F2N2/c14-9-1-2-10(11(15)7-9)12(8-13(16)17)19-5-3-18-4-6-19/h1-2,7,12-13,18H,3-6,8H2/t12-/m0/s1. The van der Waals surface area contributed by atoms with Crippen molar-refractivity contribution in [2.75, 3.05) is 26.2 Å². The van der Waals surface area contributed by atoms with Gasteiger partial charge in [0, 0.05) is 48.7 Å². The molecule has 1 N–H and O–H groups in total. The minimum absolute atomic E-state index is 0.207. The van der Waals surface area contributed by atoms with Crippen molar-refractivity contribution in [2.24, 2.45) is 0 Å². The Morgan fingerprint density at radius 3 is 2.47 bits per heavy atom. The molecule has 0 aliphatic carbocycles. The second-order valence-electron chi connectivity index (χ2n) is 4.59. The van der Waals surface area contributed by atoms with Gasteiger partial charge < -0.3 is 5.32 Å². The zero-order chi connectivity index (χ0) is 13.8. The highest BCUT2D eigenvalue weighted by atomic mass is 35.5. The van der Waals surface area contributed by atoms with Crippen LogP contribution in [0, 0.1) is 0 Å². The molecule has 2 nitrogen and oxygen atoms in total. The van der Waals surface area contributed by atoms with E-state index in [1.54, 1.807) is 18.2 Å². The van der Waals surface area contributed by atoms with E-state index in [0.717, 1.165) is 31.7 Å². The first-order chi connectivity index (χ1) is 9.08. The first-order valence-corrected chi connectivity index (χ1v) is 7.01. The summed E-state index contributed by atoms with van der Waals surface area (Å²) in [6, 6.07) is 4.70. The molecular formula is C13H16Cl2F2N2. The third-order valence-electron chi connectivity index (χ3n) is 3.32. The fraction of sp³-hybridized carbons (Fsp3) is 0.538. The van der Waals surface area contributed by atoms with Crippen molar-refractivity contribution in [2.45, 2.75) is 18.9 Å². The maximum atomic E-state index is 12.8. The minimum atomic E-state index is -2.35. The maximum Gasteiger partial charge on any atom is 0.240 e. The molecule has 0 unspecified atom stereocenters. The zero-order valence-electron chi connectivity index (χ0n) is 10.4. The van der Waals surface area contributed by atoms with Crippen molar-refractivity contribution >= 4 is 23.2 Å². The van der Waals surface area contributed by atoms with E-state index in [1.165, 1.54) is 0 Å². The average Bonchev–Trinajstić information content (AvgIpc) is 2.37. The molecule has 0 amide bonds. The van der Waals surface area contributed by atoms with E-state index in [2.05, 4.69) is 10.2 Å². The number of nitrogens with one attached hydrogen (secondary N) is 1. The highest BCUT2D eigenvalue weighted by Gasteiger charge is 2.26. The van der Waals surface area contributed by atoms with Gasteiger partial charge >= 0.3 is 0 Å². The number of benzene rings is 1. The van der Waals surface area contributed by atoms with Crippen LogP contribution in [-0.2, 0) is 0 Å². The van der Waals surface area contributed by atoms with Crippen molar-refractivity contribution in [1.29, 1.82) is 0 Å². The second kappa shape index (κ2) is 6.84. The van der Waals surface area contributed by atoms with E-state index >= 15 is 0 Å². The summed E-state index contributed by atoms with van der Waals surface area (Å²) in [7, 11) is 0. The summed E-state index contributed by atoms with van der Waals surface area (Å²) in [5.41, 5.74) is 0.730. The number of rotatable bonds is 4. The van der Waals surface area contributed by atoms with Crippen LogP contribution in [0.15, 0.2) is 18.2 Å². The van der Waals surface area contributed by atoms with Gasteiger partial charge in [0.05, 0.1) is 0 Å². The summed E-state index contributed by atoms with van der Waals surface area (Å²) >= 11 is 12.0. The molecule has 0 aromatic heterocycles. The van der Waals surface area contributed by atoms with Gasteiger partial charge in [-0.25, -0.2) is 8.78 Å². The van der Waals surface area contributed by atoms with Crippen LogP contribution in [0.1, 0.15) is 18.0 Å². The van der Waals surface area contributed by atoms with Gasteiger partial charge in [0.1, 0.15) is 0 Å². The Balaban J connectivity index is 2.25. The molecule has 1 fully saturated rings. The lowest BCUT2D eigenvalue weighted by atomic mass is 10.0. The number of piperazine rings is 1. The molecule has 1 saturated heterocycles. The molecule has 2 rings (SSSR count). The van der Waals surface area contributed by atoms with E-state index < -0.39 is 6.43 Å². The number of halogens is 4. The van der Waals surface area contributed by atoms with Gasteiger partial charge in [0.15, 0.2) is 0 Å². The summed E-state index contributed by atoms with van der Waals surface area (Å²) in [6.07, 6.45) is -2.56. The lowest BCUT2D eigenvalue weighted by molar-refractivity contribution is 0.0739. The van der Waals surface area contributed by atoms with E-state index in [1.807, 2.05) is 0 Å². The van der Waals surface area contributed by atoms with Crippen LogP contribution in [0.25, 0.3) is 0 Å². The zero-order valence-corrected chi connectivity index (χ0v) is 11.9. The summed E-state index contributed by atoms with van der Waals surface area (Å²) < 4.78 is 25.7. The molecule has 0 bridgehead atoms. The Bertz CT molecular complexity index is 423. The lowest BCUT2D eigenvalue weighted by Gasteiger charge is -2.35. The van der Waals surface area contributed by atoms with Gasteiger partial charge in [-0.2, -0.15) is 0 Å². The maximum absolute atomic E-state index is 12.8. The second-order valence-corrected chi connectivity index (χ2v) is 5.44.